The van der Waals surface area contributed by atoms with E-state index >= 15 is 0 Å². The summed E-state index contributed by atoms with van der Waals surface area (Å²) in [5.74, 6) is 1.27. The van der Waals surface area contributed by atoms with Gasteiger partial charge >= 0.3 is 0 Å². The first-order chi connectivity index (χ1) is 7.56. The number of hydrogen-bond donors (Lipinski definition) is 1. The summed E-state index contributed by atoms with van der Waals surface area (Å²) in [5, 5.41) is 3.48. The normalized spacial score (nSPS) is 26.1. The highest BCUT2D eigenvalue weighted by molar-refractivity contribution is 5.15. The first kappa shape index (κ1) is 11.6. The Hall–Kier alpha value is -0.890. The average Bonchev–Trinajstić information content (AvgIpc) is 2.90. The van der Waals surface area contributed by atoms with Gasteiger partial charge < -0.3 is 5.32 Å². The standard InChI is InChI=1S/C14H22N2/c1-10(12-7-5-6-8-16-12)13(15-4)11-9-14(11,2)3/h5-8,10-11,13,15H,9H2,1-4H3. The molecule has 0 amide bonds. The van der Waals surface area contributed by atoms with Crippen LogP contribution in [0, 0.1) is 11.3 Å². The van der Waals surface area contributed by atoms with Crippen molar-refractivity contribution in [3.05, 3.63) is 30.1 Å². The molecule has 0 saturated heterocycles. The van der Waals surface area contributed by atoms with Crippen molar-refractivity contribution in [2.75, 3.05) is 7.05 Å². The topological polar surface area (TPSA) is 24.9 Å². The lowest BCUT2D eigenvalue weighted by molar-refractivity contribution is 0.379. The van der Waals surface area contributed by atoms with Gasteiger partial charge in [0.25, 0.3) is 0 Å². The van der Waals surface area contributed by atoms with Crippen LogP contribution in [-0.2, 0) is 0 Å². The Balaban J connectivity index is 2.11. The van der Waals surface area contributed by atoms with Crippen LogP contribution >= 0.6 is 0 Å². The summed E-state index contributed by atoms with van der Waals surface area (Å²) in [7, 11) is 2.07. The lowest BCUT2D eigenvalue weighted by atomic mass is 9.90. The van der Waals surface area contributed by atoms with E-state index in [1.54, 1.807) is 0 Å². The van der Waals surface area contributed by atoms with Gasteiger partial charge in [0, 0.05) is 23.9 Å². The van der Waals surface area contributed by atoms with Crippen molar-refractivity contribution >= 4 is 0 Å². The summed E-state index contributed by atoms with van der Waals surface area (Å²) >= 11 is 0. The molecule has 88 valence electrons. The molecule has 0 bridgehead atoms. The highest BCUT2D eigenvalue weighted by Gasteiger charge is 2.51. The SMILES string of the molecule is CNC(C(C)c1ccccn1)C1CC1(C)C. The van der Waals surface area contributed by atoms with Gasteiger partial charge in [-0.25, -0.2) is 0 Å². The van der Waals surface area contributed by atoms with Gasteiger partial charge in [-0.2, -0.15) is 0 Å². The van der Waals surface area contributed by atoms with Gasteiger partial charge in [0.1, 0.15) is 0 Å². The van der Waals surface area contributed by atoms with E-state index in [2.05, 4.69) is 50.3 Å². The van der Waals surface area contributed by atoms with Gasteiger partial charge in [-0.3, -0.25) is 4.98 Å². The van der Waals surface area contributed by atoms with E-state index in [1.807, 2.05) is 12.3 Å². The Kier molecular flexibility index (Phi) is 3.02. The van der Waals surface area contributed by atoms with E-state index < -0.39 is 0 Å². The summed E-state index contributed by atoms with van der Waals surface area (Å²) in [6.07, 6.45) is 3.21. The maximum absolute atomic E-state index is 4.47. The molecule has 1 fully saturated rings. The molecule has 0 spiro atoms. The number of hydrogen-bond acceptors (Lipinski definition) is 2. The van der Waals surface area contributed by atoms with E-state index in [0.717, 1.165) is 5.92 Å². The van der Waals surface area contributed by atoms with Gasteiger partial charge in [0.15, 0.2) is 0 Å². The Labute approximate surface area is 98.5 Å². The van der Waals surface area contributed by atoms with Crippen LogP contribution in [0.1, 0.15) is 38.8 Å². The molecule has 2 heteroatoms. The molecule has 16 heavy (non-hydrogen) atoms. The summed E-state index contributed by atoms with van der Waals surface area (Å²) in [4.78, 5) is 4.47. The summed E-state index contributed by atoms with van der Waals surface area (Å²) < 4.78 is 0. The Morgan fingerprint density at radius 2 is 2.12 bits per heavy atom. The van der Waals surface area contributed by atoms with E-state index in [0.29, 0.717) is 17.4 Å². The van der Waals surface area contributed by atoms with Crippen molar-refractivity contribution in [2.24, 2.45) is 11.3 Å². The zero-order chi connectivity index (χ0) is 11.8. The van der Waals surface area contributed by atoms with Crippen LogP contribution in [0.25, 0.3) is 0 Å². The predicted octanol–water partition coefficient (Wildman–Crippen LogP) is 2.82. The van der Waals surface area contributed by atoms with E-state index in [9.17, 15) is 0 Å². The van der Waals surface area contributed by atoms with Crippen LogP contribution in [0.3, 0.4) is 0 Å². The van der Waals surface area contributed by atoms with Gasteiger partial charge in [-0.05, 0) is 36.9 Å². The summed E-state index contributed by atoms with van der Waals surface area (Å²) in [5.41, 5.74) is 1.71. The van der Waals surface area contributed by atoms with Gasteiger partial charge in [-0.15, -0.1) is 0 Å². The largest absolute Gasteiger partial charge is 0.316 e. The number of likely N-dealkylation sites (N-methyl/N-ethyl adjacent to an activating group) is 1. The minimum absolute atomic E-state index is 0.484. The maximum Gasteiger partial charge on any atom is 0.0447 e. The molecule has 1 heterocycles. The molecule has 1 aromatic heterocycles. The second-order valence-electron chi connectivity index (χ2n) is 5.66. The average molecular weight is 218 g/mol. The summed E-state index contributed by atoms with van der Waals surface area (Å²) in [6.45, 7) is 6.98. The van der Waals surface area contributed by atoms with Crippen molar-refractivity contribution in [1.82, 2.24) is 10.3 Å². The Bertz CT molecular complexity index is 345. The van der Waals surface area contributed by atoms with Crippen molar-refractivity contribution in [2.45, 2.75) is 39.2 Å². The molecule has 1 N–H and O–H groups in total. The van der Waals surface area contributed by atoms with Crippen molar-refractivity contribution in [3.8, 4) is 0 Å². The van der Waals surface area contributed by atoms with Crippen LogP contribution in [0.15, 0.2) is 24.4 Å². The maximum atomic E-state index is 4.47. The molecular formula is C14H22N2. The zero-order valence-corrected chi connectivity index (χ0v) is 10.7. The van der Waals surface area contributed by atoms with Gasteiger partial charge in [0.05, 0.1) is 0 Å². The first-order valence-corrected chi connectivity index (χ1v) is 6.14. The third kappa shape index (κ3) is 2.12. The van der Waals surface area contributed by atoms with Crippen LogP contribution in [0.4, 0.5) is 0 Å². The Morgan fingerprint density at radius 3 is 2.56 bits per heavy atom. The molecule has 1 aliphatic carbocycles. The second-order valence-corrected chi connectivity index (χ2v) is 5.66. The molecule has 0 radical (unpaired) electrons. The Morgan fingerprint density at radius 1 is 1.44 bits per heavy atom. The van der Waals surface area contributed by atoms with Crippen molar-refractivity contribution < 1.29 is 0 Å². The van der Waals surface area contributed by atoms with Gasteiger partial charge in [0.2, 0.25) is 0 Å². The summed E-state index contributed by atoms with van der Waals surface area (Å²) in [6, 6.07) is 6.73. The number of rotatable bonds is 4. The zero-order valence-electron chi connectivity index (χ0n) is 10.7. The minimum Gasteiger partial charge on any atom is -0.316 e. The van der Waals surface area contributed by atoms with E-state index in [-0.39, 0.29) is 0 Å². The highest BCUT2D eigenvalue weighted by atomic mass is 14.9. The van der Waals surface area contributed by atoms with Crippen LogP contribution < -0.4 is 5.32 Å². The fourth-order valence-corrected chi connectivity index (χ4v) is 2.75. The monoisotopic (exact) mass is 218 g/mol. The van der Waals surface area contributed by atoms with E-state index in [4.69, 9.17) is 0 Å². The molecule has 1 aromatic rings. The molecule has 2 rings (SSSR count). The second kappa shape index (κ2) is 4.17. The van der Waals surface area contributed by atoms with Gasteiger partial charge in [-0.1, -0.05) is 26.8 Å². The third-order valence-corrected chi connectivity index (χ3v) is 4.05. The molecule has 0 aliphatic heterocycles. The lowest BCUT2D eigenvalue weighted by Gasteiger charge is -2.24. The fourth-order valence-electron chi connectivity index (χ4n) is 2.75. The molecule has 2 nitrogen and oxygen atoms in total. The van der Waals surface area contributed by atoms with E-state index in [1.165, 1.54) is 12.1 Å². The smallest absolute Gasteiger partial charge is 0.0447 e. The van der Waals surface area contributed by atoms with Crippen LogP contribution in [0.5, 0.6) is 0 Å². The minimum atomic E-state index is 0.484. The number of nitrogens with zero attached hydrogens (tertiary/aromatic N) is 1. The fraction of sp³-hybridized carbons (Fsp3) is 0.643. The lowest BCUT2D eigenvalue weighted by Crippen LogP contribution is -2.34. The molecule has 3 unspecified atom stereocenters. The number of nitrogens with one attached hydrogen (secondary N) is 1. The predicted molar refractivity (Wildman–Crippen MR) is 67.4 cm³/mol. The molecule has 0 aromatic carbocycles. The highest BCUT2D eigenvalue weighted by Crippen LogP contribution is 2.55. The van der Waals surface area contributed by atoms with Crippen LogP contribution in [0.2, 0.25) is 0 Å². The third-order valence-electron chi connectivity index (χ3n) is 4.05. The molecule has 1 aliphatic rings. The molecule has 1 saturated carbocycles. The molecular weight excluding hydrogens is 196 g/mol. The van der Waals surface area contributed by atoms with Crippen LogP contribution in [-0.4, -0.2) is 18.1 Å². The number of pyridine rings is 1. The first-order valence-electron chi connectivity index (χ1n) is 6.14. The molecule has 3 atom stereocenters. The quantitative estimate of drug-likeness (QED) is 0.840. The number of aromatic nitrogens is 1. The van der Waals surface area contributed by atoms with Crippen molar-refractivity contribution in [3.63, 3.8) is 0 Å². The van der Waals surface area contributed by atoms with Crippen molar-refractivity contribution in [1.29, 1.82) is 0 Å².